The summed E-state index contributed by atoms with van der Waals surface area (Å²) >= 11 is 0. The zero-order valence-corrected chi connectivity index (χ0v) is 12.3. The molecule has 106 valence electrons. The van der Waals surface area contributed by atoms with Gasteiger partial charge in [0.05, 0.1) is 5.52 Å². The number of hydrogen-bond donors (Lipinski definition) is 0. The van der Waals surface area contributed by atoms with Crippen LogP contribution in [0.1, 0.15) is 26.7 Å². The summed E-state index contributed by atoms with van der Waals surface area (Å²) in [4.78, 5) is 14.2. The van der Waals surface area contributed by atoms with Gasteiger partial charge in [-0.2, -0.15) is 4.98 Å². The van der Waals surface area contributed by atoms with Crippen LogP contribution in [0, 0.1) is 0 Å². The molecule has 20 heavy (non-hydrogen) atoms. The fraction of sp³-hybridized carbons (Fsp3) is 0.500. The number of benzene rings is 1. The van der Waals surface area contributed by atoms with Gasteiger partial charge >= 0.3 is 0 Å². The van der Waals surface area contributed by atoms with Gasteiger partial charge in [-0.15, -0.1) is 0 Å². The number of fused-ring (bicyclic) bond motifs is 1. The quantitative estimate of drug-likeness (QED) is 0.854. The van der Waals surface area contributed by atoms with Crippen LogP contribution in [0.3, 0.4) is 0 Å². The summed E-state index contributed by atoms with van der Waals surface area (Å²) in [5.74, 6) is 1.96. The number of hydrogen-bond acceptors (Lipinski definition) is 4. The van der Waals surface area contributed by atoms with Crippen LogP contribution in [-0.2, 0) is 0 Å². The molecule has 0 bridgehead atoms. The molecule has 0 spiro atoms. The summed E-state index contributed by atoms with van der Waals surface area (Å²) < 4.78 is 0. The maximum absolute atomic E-state index is 4.87. The Bertz CT molecular complexity index is 586. The average Bonchev–Trinajstić information content (AvgIpc) is 3.02. The predicted octanol–water partition coefficient (Wildman–Crippen LogP) is 3.08. The highest BCUT2D eigenvalue weighted by Gasteiger charge is 2.19. The van der Waals surface area contributed by atoms with Crippen molar-refractivity contribution in [2.24, 2.45) is 0 Å². The molecule has 0 amide bonds. The maximum atomic E-state index is 4.87. The normalized spacial score (nSPS) is 15.0. The van der Waals surface area contributed by atoms with Crippen molar-refractivity contribution < 1.29 is 0 Å². The lowest BCUT2D eigenvalue weighted by Crippen LogP contribution is -2.26. The Kier molecular flexibility index (Phi) is 3.72. The molecule has 1 aromatic carbocycles. The Morgan fingerprint density at radius 2 is 1.75 bits per heavy atom. The number of para-hydroxylation sites is 1. The highest BCUT2D eigenvalue weighted by Crippen LogP contribution is 2.28. The van der Waals surface area contributed by atoms with E-state index in [2.05, 4.69) is 47.9 Å². The van der Waals surface area contributed by atoms with Gasteiger partial charge in [0.15, 0.2) is 0 Å². The molecule has 1 fully saturated rings. The van der Waals surface area contributed by atoms with Gasteiger partial charge in [-0.3, -0.25) is 0 Å². The summed E-state index contributed by atoms with van der Waals surface area (Å²) in [6.45, 7) is 8.40. The molecule has 4 nitrogen and oxygen atoms in total. The Balaban J connectivity index is 2.14. The Labute approximate surface area is 120 Å². The third-order valence-corrected chi connectivity index (χ3v) is 4.02. The zero-order valence-electron chi connectivity index (χ0n) is 12.3. The molecule has 1 saturated heterocycles. The van der Waals surface area contributed by atoms with Gasteiger partial charge in [-0.05, 0) is 38.8 Å². The van der Waals surface area contributed by atoms with Crippen molar-refractivity contribution >= 4 is 22.7 Å². The van der Waals surface area contributed by atoms with Gasteiger partial charge in [0.2, 0.25) is 5.95 Å². The van der Waals surface area contributed by atoms with E-state index in [1.54, 1.807) is 0 Å². The molecule has 0 atom stereocenters. The minimum atomic E-state index is 0.857. The first-order valence-corrected chi connectivity index (χ1v) is 7.60. The van der Waals surface area contributed by atoms with Crippen molar-refractivity contribution in [3.63, 3.8) is 0 Å². The highest BCUT2D eigenvalue weighted by molar-refractivity contribution is 5.90. The summed E-state index contributed by atoms with van der Waals surface area (Å²) in [7, 11) is 0. The van der Waals surface area contributed by atoms with Crippen molar-refractivity contribution in [2.45, 2.75) is 26.7 Å². The Morgan fingerprint density at radius 1 is 1.05 bits per heavy atom. The molecule has 0 saturated carbocycles. The predicted molar refractivity (Wildman–Crippen MR) is 84.5 cm³/mol. The molecule has 1 aliphatic heterocycles. The van der Waals surface area contributed by atoms with Crippen molar-refractivity contribution in [2.75, 3.05) is 36.0 Å². The van der Waals surface area contributed by atoms with E-state index in [1.807, 2.05) is 0 Å². The minimum Gasteiger partial charge on any atom is -0.356 e. The van der Waals surface area contributed by atoms with Crippen LogP contribution in [0.4, 0.5) is 11.8 Å². The number of rotatable bonds is 4. The van der Waals surface area contributed by atoms with Crippen LogP contribution in [0.15, 0.2) is 24.3 Å². The summed E-state index contributed by atoms with van der Waals surface area (Å²) in [5.41, 5.74) is 1.05. The van der Waals surface area contributed by atoms with E-state index in [4.69, 9.17) is 9.97 Å². The lowest BCUT2D eigenvalue weighted by molar-refractivity contribution is 0.819. The molecule has 2 aromatic rings. The lowest BCUT2D eigenvalue weighted by atomic mass is 10.2. The molecule has 0 N–H and O–H groups in total. The van der Waals surface area contributed by atoms with Crippen LogP contribution >= 0.6 is 0 Å². The number of nitrogens with zero attached hydrogens (tertiary/aromatic N) is 4. The Morgan fingerprint density at radius 3 is 2.45 bits per heavy atom. The Hall–Kier alpha value is -1.84. The standard InChI is InChI=1S/C16H22N4/c1-3-19(4-2)16-17-14-10-6-5-9-13(14)15(18-16)20-11-7-8-12-20/h5-6,9-10H,3-4,7-8,11-12H2,1-2H3. The van der Waals surface area contributed by atoms with Gasteiger partial charge in [0.1, 0.15) is 5.82 Å². The highest BCUT2D eigenvalue weighted by atomic mass is 15.3. The van der Waals surface area contributed by atoms with Crippen LogP contribution in [0.5, 0.6) is 0 Å². The SMILES string of the molecule is CCN(CC)c1nc(N2CCCC2)c2ccccc2n1. The molecular formula is C16H22N4. The van der Waals surface area contributed by atoms with E-state index in [-0.39, 0.29) is 0 Å². The fourth-order valence-electron chi connectivity index (χ4n) is 2.87. The molecule has 0 aliphatic carbocycles. The van der Waals surface area contributed by atoms with Gasteiger partial charge in [-0.25, -0.2) is 4.98 Å². The topological polar surface area (TPSA) is 32.3 Å². The van der Waals surface area contributed by atoms with E-state index < -0.39 is 0 Å². The molecule has 3 rings (SSSR count). The largest absolute Gasteiger partial charge is 0.356 e. The first-order valence-electron chi connectivity index (χ1n) is 7.60. The third kappa shape index (κ3) is 2.30. The molecular weight excluding hydrogens is 248 g/mol. The molecule has 0 radical (unpaired) electrons. The first kappa shape index (κ1) is 13.2. The van der Waals surface area contributed by atoms with Crippen LogP contribution in [0.25, 0.3) is 10.9 Å². The van der Waals surface area contributed by atoms with E-state index in [0.717, 1.165) is 43.5 Å². The average molecular weight is 270 g/mol. The van der Waals surface area contributed by atoms with Crippen molar-refractivity contribution in [3.05, 3.63) is 24.3 Å². The van der Waals surface area contributed by atoms with Crippen molar-refractivity contribution in [3.8, 4) is 0 Å². The number of aromatic nitrogens is 2. The smallest absolute Gasteiger partial charge is 0.227 e. The zero-order chi connectivity index (χ0) is 13.9. The molecule has 0 unspecified atom stereocenters. The van der Waals surface area contributed by atoms with Crippen LogP contribution < -0.4 is 9.80 Å². The van der Waals surface area contributed by atoms with Crippen LogP contribution in [0.2, 0.25) is 0 Å². The molecule has 1 aliphatic rings. The second-order valence-electron chi connectivity index (χ2n) is 5.23. The van der Waals surface area contributed by atoms with Gasteiger partial charge in [-0.1, -0.05) is 12.1 Å². The second-order valence-corrected chi connectivity index (χ2v) is 5.23. The second kappa shape index (κ2) is 5.65. The van der Waals surface area contributed by atoms with E-state index in [1.165, 1.54) is 18.2 Å². The third-order valence-electron chi connectivity index (χ3n) is 4.02. The van der Waals surface area contributed by atoms with Crippen LogP contribution in [-0.4, -0.2) is 36.1 Å². The van der Waals surface area contributed by atoms with Crippen molar-refractivity contribution in [1.82, 2.24) is 9.97 Å². The number of anilines is 2. The summed E-state index contributed by atoms with van der Waals surface area (Å²) in [6, 6.07) is 8.34. The lowest BCUT2D eigenvalue weighted by Gasteiger charge is -2.23. The molecule has 1 aromatic heterocycles. The first-order chi connectivity index (χ1) is 9.83. The molecule has 2 heterocycles. The van der Waals surface area contributed by atoms with Gasteiger partial charge in [0.25, 0.3) is 0 Å². The monoisotopic (exact) mass is 270 g/mol. The van der Waals surface area contributed by atoms with E-state index in [9.17, 15) is 0 Å². The van der Waals surface area contributed by atoms with Gasteiger partial charge in [0, 0.05) is 31.6 Å². The fourth-order valence-corrected chi connectivity index (χ4v) is 2.87. The van der Waals surface area contributed by atoms with Gasteiger partial charge < -0.3 is 9.80 Å². The molecule has 4 heteroatoms. The maximum Gasteiger partial charge on any atom is 0.227 e. The minimum absolute atomic E-state index is 0.857. The summed E-state index contributed by atoms with van der Waals surface area (Å²) in [5, 5.41) is 1.17. The van der Waals surface area contributed by atoms with E-state index in [0.29, 0.717) is 0 Å². The van der Waals surface area contributed by atoms with E-state index >= 15 is 0 Å². The summed E-state index contributed by atoms with van der Waals surface area (Å²) in [6.07, 6.45) is 2.53. The van der Waals surface area contributed by atoms with Crippen molar-refractivity contribution in [1.29, 1.82) is 0 Å².